The summed E-state index contributed by atoms with van der Waals surface area (Å²) < 4.78 is 11.2. The predicted octanol–water partition coefficient (Wildman–Crippen LogP) is 4.13. The monoisotopic (exact) mass is 396 g/mol. The molecule has 6 nitrogen and oxygen atoms in total. The maximum absolute atomic E-state index is 9.42. The Morgan fingerprint density at radius 2 is 2.11 bits per heavy atom. The van der Waals surface area contributed by atoms with Gasteiger partial charge >= 0.3 is 0 Å². The number of ether oxygens (including phenoxy) is 1. The summed E-state index contributed by atoms with van der Waals surface area (Å²) in [6.07, 6.45) is 0.937. The predicted molar refractivity (Wildman–Crippen MR) is 108 cm³/mol. The molecule has 0 atom stereocenters. The highest BCUT2D eigenvalue weighted by molar-refractivity contribution is 5.85. The number of nitrogens with one attached hydrogen (secondary N) is 1. The summed E-state index contributed by atoms with van der Waals surface area (Å²) in [5, 5.41) is 17.0. The Morgan fingerprint density at radius 1 is 1.25 bits per heavy atom. The third-order valence-corrected chi connectivity index (χ3v) is 4.52. The van der Waals surface area contributed by atoms with Crippen LogP contribution in [0.1, 0.15) is 30.5 Å². The third-order valence-electron chi connectivity index (χ3n) is 4.52. The highest BCUT2D eigenvalue weighted by Crippen LogP contribution is 2.30. The van der Waals surface area contributed by atoms with Crippen LogP contribution in [0.15, 0.2) is 40.9 Å². The van der Waals surface area contributed by atoms with Crippen molar-refractivity contribution in [3.63, 3.8) is 0 Å². The van der Waals surface area contributed by atoms with Crippen molar-refractivity contribution in [2.75, 3.05) is 6.54 Å². The van der Waals surface area contributed by atoms with E-state index < -0.39 is 0 Å². The Hall–Kier alpha value is -2.88. The summed E-state index contributed by atoms with van der Waals surface area (Å²) in [6.45, 7) is 5.65. The lowest BCUT2D eigenvalue weighted by Gasteiger charge is -2.18. The van der Waals surface area contributed by atoms with Crippen molar-refractivity contribution < 1.29 is 9.26 Å². The molecule has 0 saturated heterocycles. The van der Waals surface area contributed by atoms with E-state index in [0.29, 0.717) is 28.6 Å². The number of aromatic nitrogens is 2. The summed E-state index contributed by atoms with van der Waals surface area (Å²) in [4.78, 5) is 4.58. The van der Waals surface area contributed by atoms with Crippen LogP contribution in [0.5, 0.6) is 5.75 Å². The van der Waals surface area contributed by atoms with Crippen molar-refractivity contribution in [1.29, 1.82) is 5.26 Å². The standard InChI is InChI=1S/C21H20N4O2.ClH/c1-13(2)26-19-7-6-14(10-16(19)11-22)21-24-20(25-27-21)18-5-3-4-15-12-23-9-8-17(15)18;/h3-7,10,13,23H,8-9,12H2,1-2H3;1H. The molecule has 0 fully saturated rings. The maximum atomic E-state index is 9.42. The molecule has 4 rings (SSSR count). The van der Waals surface area contributed by atoms with Gasteiger partial charge in [-0.05, 0) is 56.1 Å². The number of benzene rings is 2. The van der Waals surface area contributed by atoms with Gasteiger partial charge in [-0.25, -0.2) is 0 Å². The normalized spacial score (nSPS) is 12.8. The van der Waals surface area contributed by atoms with Gasteiger partial charge in [0.15, 0.2) is 0 Å². The van der Waals surface area contributed by atoms with Gasteiger partial charge in [-0.2, -0.15) is 10.2 Å². The second-order valence-electron chi connectivity index (χ2n) is 6.78. The molecule has 1 N–H and O–H groups in total. The van der Waals surface area contributed by atoms with Crippen molar-refractivity contribution in [1.82, 2.24) is 15.5 Å². The van der Waals surface area contributed by atoms with Crippen LogP contribution in [-0.2, 0) is 13.0 Å². The number of nitrogens with zero attached hydrogens (tertiary/aromatic N) is 3. The fourth-order valence-corrected chi connectivity index (χ4v) is 3.30. The lowest BCUT2D eigenvalue weighted by Crippen LogP contribution is -2.24. The Balaban J connectivity index is 0.00000225. The molecule has 0 bridgehead atoms. The zero-order valence-corrected chi connectivity index (χ0v) is 16.5. The highest BCUT2D eigenvalue weighted by Gasteiger charge is 2.19. The van der Waals surface area contributed by atoms with Gasteiger partial charge in [0, 0.05) is 17.7 Å². The van der Waals surface area contributed by atoms with Crippen molar-refractivity contribution in [3.05, 3.63) is 53.1 Å². The molecule has 0 radical (unpaired) electrons. The summed E-state index contributed by atoms with van der Waals surface area (Å²) in [5.41, 5.74) is 4.69. The quantitative estimate of drug-likeness (QED) is 0.713. The van der Waals surface area contributed by atoms with E-state index in [-0.39, 0.29) is 18.5 Å². The number of nitriles is 1. The molecular formula is C21H21ClN4O2. The maximum Gasteiger partial charge on any atom is 0.258 e. The lowest BCUT2D eigenvalue weighted by molar-refractivity contribution is 0.242. The van der Waals surface area contributed by atoms with Gasteiger partial charge in [-0.3, -0.25) is 0 Å². The fraction of sp³-hybridized carbons (Fsp3) is 0.286. The molecule has 2 heterocycles. The first-order valence-corrected chi connectivity index (χ1v) is 9.02. The Kier molecular flexibility index (Phi) is 5.98. The first-order chi connectivity index (χ1) is 13.2. The molecule has 0 amide bonds. The molecule has 144 valence electrons. The van der Waals surface area contributed by atoms with Gasteiger partial charge in [0.05, 0.1) is 11.7 Å². The first kappa shape index (κ1) is 19.9. The van der Waals surface area contributed by atoms with E-state index in [1.54, 1.807) is 12.1 Å². The second kappa shape index (κ2) is 8.42. The Morgan fingerprint density at radius 3 is 2.89 bits per heavy atom. The van der Waals surface area contributed by atoms with Gasteiger partial charge < -0.3 is 14.6 Å². The molecule has 2 aromatic carbocycles. The molecule has 3 aromatic rings. The number of hydrogen-bond donors (Lipinski definition) is 1. The van der Waals surface area contributed by atoms with E-state index in [4.69, 9.17) is 9.26 Å². The van der Waals surface area contributed by atoms with Crippen molar-refractivity contribution >= 4 is 12.4 Å². The van der Waals surface area contributed by atoms with E-state index in [0.717, 1.165) is 25.1 Å². The molecule has 0 unspecified atom stereocenters. The zero-order valence-electron chi connectivity index (χ0n) is 15.7. The summed E-state index contributed by atoms with van der Waals surface area (Å²) in [6, 6.07) is 13.7. The molecule has 0 spiro atoms. The van der Waals surface area contributed by atoms with E-state index in [9.17, 15) is 5.26 Å². The van der Waals surface area contributed by atoms with E-state index >= 15 is 0 Å². The smallest absolute Gasteiger partial charge is 0.258 e. The van der Waals surface area contributed by atoms with E-state index in [1.807, 2.05) is 32.0 Å². The summed E-state index contributed by atoms with van der Waals surface area (Å²) >= 11 is 0. The van der Waals surface area contributed by atoms with E-state index in [2.05, 4.69) is 27.6 Å². The van der Waals surface area contributed by atoms with Crippen LogP contribution in [0.4, 0.5) is 0 Å². The van der Waals surface area contributed by atoms with Crippen LogP contribution in [0.3, 0.4) is 0 Å². The molecule has 1 aromatic heterocycles. The van der Waals surface area contributed by atoms with Gasteiger partial charge in [0.25, 0.3) is 5.89 Å². The number of hydrogen-bond acceptors (Lipinski definition) is 6. The van der Waals surface area contributed by atoms with Crippen LogP contribution >= 0.6 is 12.4 Å². The minimum Gasteiger partial charge on any atom is -0.490 e. The Bertz CT molecular complexity index is 1020. The van der Waals surface area contributed by atoms with E-state index in [1.165, 1.54) is 11.1 Å². The highest BCUT2D eigenvalue weighted by atomic mass is 35.5. The first-order valence-electron chi connectivity index (χ1n) is 9.02. The largest absolute Gasteiger partial charge is 0.490 e. The lowest BCUT2D eigenvalue weighted by atomic mass is 9.95. The van der Waals surface area contributed by atoms with Crippen LogP contribution in [0.2, 0.25) is 0 Å². The molecule has 0 saturated carbocycles. The van der Waals surface area contributed by atoms with Crippen LogP contribution in [-0.4, -0.2) is 22.8 Å². The Labute approximate surface area is 169 Å². The van der Waals surface area contributed by atoms with Gasteiger partial charge in [0.2, 0.25) is 5.82 Å². The molecule has 1 aliphatic rings. The molecule has 1 aliphatic heterocycles. The molecule has 28 heavy (non-hydrogen) atoms. The minimum absolute atomic E-state index is 0. The van der Waals surface area contributed by atoms with Crippen LogP contribution in [0.25, 0.3) is 22.8 Å². The topological polar surface area (TPSA) is 84.0 Å². The molecule has 7 heteroatoms. The molecule has 0 aliphatic carbocycles. The van der Waals surface area contributed by atoms with Crippen LogP contribution in [0, 0.1) is 11.3 Å². The van der Waals surface area contributed by atoms with Gasteiger partial charge in [0.1, 0.15) is 11.8 Å². The van der Waals surface area contributed by atoms with Crippen LogP contribution < -0.4 is 10.1 Å². The molecular weight excluding hydrogens is 376 g/mol. The fourth-order valence-electron chi connectivity index (χ4n) is 3.30. The summed E-state index contributed by atoms with van der Waals surface area (Å²) in [5.74, 6) is 1.52. The minimum atomic E-state index is -0.00305. The third kappa shape index (κ3) is 3.86. The SMILES string of the molecule is CC(C)Oc1ccc(-c2nc(-c3cccc4c3CCNC4)no2)cc1C#N.Cl. The average molecular weight is 397 g/mol. The zero-order chi connectivity index (χ0) is 18.8. The van der Waals surface area contributed by atoms with Gasteiger partial charge in [-0.1, -0.05) is 23.4 Å². The number of rotatable bonds is 4. The van der Waals surface area contributed by atoms with Crippen molar-refractivity contribution in [2.24, 2.45) is 0 Å². The average Bonchev–Trinajstić information content (AvgIpc) is 3.17. The van der Waals surface area contributed by atoms with Crippen molar-refractivity contribution in [3.8, 4) is 34.7 Å². The number of fused-ring (bicyclic) bond motifs is 1. The number of halogens is 1. The second-order valence-corrected chi connectivity index (χ2v) is 6.78. The van der Waals surface area contributed by atoms with Gasteiger partial charge in [-0.15, -0.1) is 12.4 Å². The van der Waals surface area contributed by atoms with Crippen molar-refractivity contribution in [2.45, 2.75) is 32.9 Å². The summed E-state index contributed by atoms with van der Waals surface area (Å²) in [7, 11) is 0.